The van der Waals surface area contributed by atoms with Crippen molar-refractivity contribution in [1.29, 1.82) is 5.41 Å². The smallest absolute Gasteiger partial charge is 0.160 e. The lowest BCUT2D eigenvalue weighted by Crippen LogP contribution is -2.34. The number of nitrogens with zero attached hydrogens (tertiary/aromatic N) is 3. The summed E-state index contributed by atoms with van der Waals surface area (Å²) in [5, 5.41) is 21.8. The molecule has 0 bridgehead atoms. The average molecular weight is 306 g/mol. The van der Waals surface area contributed by atoms with Crippen molar-refractivity contribution >= 4 is 11.6 Å². The van der Waals surface area contributed by atoms with Gasteiger partial charge in [0.05, 0.1) is 11.5 Å². The maximum Gasteiger partial charge on any atom is 0.160 e. The lowest BCUT2D eigenvalue weighted by molar-refractivity contribution is -0.126. The Bertz CT molecular complexity index is 506. The van der Waals surface area contributed by atoms with Crippen LogP contribution in [-0.4, -0.2) is 46.2 Å². The van der Waals surface area contributed by atoms with E-state index in [1.54, 1.807) is 11.6 Å². The van der Waals surface area contributed by atoms with Crippen LogP contribution in [0.2, 0.25) is 0 Å². The third kappa shape index (κ3) is 4.62. The van der Waals surface area contributed by atoms with Crippen molar-refractivity contribution < 1.29 is 4.79 Å². The van der Waals surface area contributed by atoms with Gasteiger partial charge >= 0.3 is 0 Å². The van der Waals surface area contributed by atoms with E-state index in [0.29, 0.717) is 5.84 Å². The number of amidine groups is 1. The minimum atomic E-state index is -0.244. The normalized spacial score (nSPS) is 17.2. The molecule has 0 amide bonds. The van der Waals surface area contributed by atoms with E-state index < -0.39 is 0 Å². The summed E-state index contributed by atoms with van der Waals surface area (Å²) in [6, 6.07) is -0.244. The van der Waals surface area contributed by atoms with Crippen LogP contribution in [0.1, 0.15) is 44.8 Å². The van der Waals surface area contributed by atoms with E-state index in [9.17, 15) is 4.79 Å². The Balaban J connectivity index is 1.84. The molecule has 122 valence electrons. The van der Waals surface area contributed by atoms with Crippen LogP contribution in [0, 0.1) is 11.3 Å². The first kappa shape index (κ1) is 16.6. The second-order valence-corrected chi connectivity index (χ2v) is 5.95. The third-order valence-electron chi connectivity index (χ3n) is 4.11. The number of piperidine rings is 1. The quantitative estimate of drug-likeness (QED) is 0.396. The van der Waals surface area contributed by atoms with Crippen molar-refractivity contribution in [2.75, 3.05) is 19.6 Å². The molecular weight excluding hydrogens is 280 g/mol. The Morgan fingerprint density at radius 3 is 2.95 bits per heavy atom. The molecule has 1 aliphatic heterocycles. The summed E-state index contributed by atoms with van der Waals surface area (Å²) in [4.78, 5) is 12.5. The van der Waals surface area contributed by atoms with Crippen molar-refractivity contribution in [2.24, 2.45) is 5.92 Å². The van der Waals surface area contributed by atoms with E-state index in [1.165, 1.54) is 0 Å². The third-order valence-corrected chi connectivity index (χ3v) is 4.11. The summed E-state index contributed by atoms with van der Waals surface area (Å²) in [5.41, 5.74) is 0.898. The summed E-state index contributed by atoms with van der Waals surface area (Å²) in [6.45, 7) is 6.23. The molecule has 2 rings (SSSR count). The van der Waals surface area contributed by atoms with Crippen LogP contribution >= 0.6 is 0 Å². The van der Waals surface area contributed by atoms with Gasteiger partial charge in [0.1, 0.15) is 6.04 Å². The second-order valence-electron chi connectivity index (χ2n) is 5.95. The van der Waals surface area contributed by atoms with Crippen molar-refractivity contribution in [3.63, 3.8) is 0 Å². The van der Waals surface area contributed by atoms with Gasteiger partial charge in [-0.3, -0.25) is 10.2 Å². The maximum atomic E-state index is 12.5. The minimum Gasteiger partial charge on any atom is -0.374 e. The van der Waals surface area contributed by atoms with E-state index in [4.69, 9.17) is 5.41 Å². The van der Waals surface area contributed by atoms with Gasteiger partial charge in [-0.15, -0.1) is 5.10 Å². The number of hydrogen-bond donors (Lipinski definition) is 3. The molecule has 2 heterocycles. The molecular formula is C15H26N6O. The molecule has 0 aliphatic carbocycles. The Morgan fingerprint density at radius 1 is 1.55 bits per heavy atom. The molecule has 0 unspecified atom stereocenters. The van der Waals surface area contributed by atoms with Crippen LogP contribution in [0.25, 0.3) is 0 Å². The number of aromatic nitrogens is 3. The van der Waals surface area contributed by atoms with Gasteiger partial charge in [-0.1, -0.05) is 5.21 Å². The van der Waals surface area contributed by atoms with Crippen LogP contribution in [0.15, 0.2) is 6.20 Å². The maximum absolute atomic E-state index is 12.5. The fraction of sp³-hybridized carbons (Fsp3) is 0.733. The molecule has 0 saturated carbocycles. The SMILES string of the molecule is CC(=N)NCCCc1cn([C@@H](C)C(=O)C2CCNCC2)nn1. The minimum absolute atomic E-state index is 0.142. The molecule has 7 nitrogen and oxygen atoms in total. The summed E-state index contributed by atoms with van der Waals surface area (Å²) in [6.07, 6.45) is 5.40. The highest BCUT2D eigenvalue weighted by atomic mass is 16.1. The molecule has 1 aromatic heterocycles. The second kappa shape index (κ2) is 8.03. The molecule has 22 heavy (non-hydrogen) atoms. The summed E-state index contributed by atoms with van der Waals surface area (Å²) in [7, 11) is 0. The number of carbonyl (C=O) groups is 1. The molecule has 0 radical (unpaired) electrons. The lowest BCUT2D eigenvalue weighted by atomic mass is 9.90. The van der Waals surface area contributed by atoms with Crippen molar-refractivity contribution in [3.05, 3.63) is 11.9 Å². The molecule has 1 aromatic rings. The van der Waals surface area contributed by atoms with Crippen molar-refractivity contribution in [1.82, 2.24) is 25.6 Å². The molecule has 1 aliphatic rings. The number of nitrogens with one attached hydrogen (secondary N) is 3. The number of ketones is 1. The summed E-state index contributed by atoms with van der Waals surface area (Å²) >= 11 is 0. The van der Waals surface area contributed by atoms with Gasteiger partial charge in [-0.2, -0.15) is 0 Å². The number of carbonyl (C=O) groups excluding carboxylic acids is 1. The monoisotopic (exact) mass is 306 g/mol. The van der Waals surface area contributed by atoms with Gasteiger partial charge in [-0.05, 0) is 52.6 Å². The highest BCUT2D eigenvalue weighted by Gasteiger charge is 2.27. The molecule has 1 fully saturated rings. The number of hydrogen-bond acceptors (Lipinski definition) is 5. The van der Waals surface area contributed by atoms with Crippen molar-refractivity contribution in [3.8, 4) is 0 Å². The Kier molecular flexibility index (Phi) is 6.06. The van der Waals surface area contributed by atoms with Gasteiger partial charge in [0.2, 0.25) is 0 Å². The van der Waals surface area contributed by atoms with E-state index in [-0.39, 0.29) is 17.7 Å². The Labute approximate surface area is 131 Å². The highest BCUT2D eigenvalue weighted by molar-refractivity contribution is 5.84. The zero-order valence-corrected chi connectivity index (χ0v) is 13.4. The van der Waals surface area contributed by atoms with Crippen LogP contribution in [0.5, 0.6) is 0 Å². The van der Waals surface area contributed by atoms with E-state index in [2.05, 4.69) is 20.9 Å². The first-order valence-corrected chi connectivity index (χ1v) is 8.02. The van der Waals surface area contributed by atoms with Gasteiger partial charge in [-0.25, -0.2) is 4.68 Å². The van der Waals surface area contributed by atoms with Gasteiger partial charge in [0.15, 0.2) is 5.78 Å². The summed E-state index contributed by atoms with van der Waals surface area (Å²) < 4.78 is 1.69. The van der Waals surface area contributed by atoms with E-state index in [0.717, 1.165) is 51.0 Å². The number of rotatable bonds is 7. The number of Topliss-reactive ketones (excluding diaryl/α,β-unsaturated/α-hetero) is 1. The Morgan fingerprint density at radius 2 is 2.27 bits per heavy atom. The molecule has 0 aromatic carbocycles. The summed E-state index contributed by atoms with van der Waals surface area (Å²) in [5.74, 6) is 0.882. The zero-order valence-electron chi connectivity index (χ0n) is 13.4. The largest absolute Gasteiger partial charge is 0.374 e. The first-order valence-electron chi connectivity index (χ1n) is 8.02. The van der Waals surface area contributed by atoms with Crippen LogP contribution in [0.4, 0.5) is 0 Å². The molecule has 7 heteroatoms. The fourth-order valence-electron chi connectivity index (χ4n) is 2.74. The van der Waals surface area contributed by atoms with Crippen LogP contribution in [0.3, 0.4) is 0 Å². The highest BCUT2D eigenvalue weighted by Crippen LogP contribution is 2.20. The number of aryl methyl sites for hydroxylation is 1. The van der Waals surface area contributed by atoms with Gasteiger partial charge in [0, 0.05) is 18.7 Å². The van der Waals surface area contributed by atoms with Crippen molar-refractivity contribution in [2.45, 2.75) is 45.6 Å². The standard InChI is InChI=1S/C15H26N6O/c1-11(15(22)13-5-8-17-9-6-13)21-10-14(19-20-21)4-3-7-18-12(2)16/h10-11,13,17H,3-9H2,1-2H3,(H2,16,18)/t11-/m0/s1. The molecule has 3 N–H and O–H groups in total. The first-order chi connectivity index (χ1) is 10.6. The van der Waals surface area contributed by atoms with E-state index >= 15 is 0 Å². The lowest BCUT2D eigenvalue weighted by Gasteiger charge is -2.24. The van der Waals surface area contributed by atoms with Gasteiger partial charge in [0.25, 0.3) is 0 Å². The van der Waals surface area contributed by atoms with Crippen LogP contribution < -0.4 is 10.6 Å². The van der Waals surface area contributed by atoms with E-state index in [1.807, 2.05) is 13.1 Å². The Hall–Kier alpha value is -1.76. The average Bonchev–Trinajstić information content (AvgIpc) is 2.99. The van der Waals surface area contributed by atoms with Crippen LogP contribution in [-0.2, 0) is 11.2 Å². The predicted molar refractivity (Wildman–Crippen MR) is 85.1 cm³/mol. The zero-order chi connectivity index (χ0) is 15.9. The topological polar surface area (TPSA) is 95.7 Å². The van der Waals surface area contributed by atoms with Gasteiger partial charge < -0.3 is 10.6 Å². The molecule has 1 saturated heterocycles. The fourth-order valence-corrected chi connectivity index (χ4v) is 2.74. The molecule has 0 spiro atoms. The predicted octanol–water partition coefficient (Wildman–Crippen LogP) is 0.927. The molecule has 1 atom stereocenters.